The van der Waals surface area contributed by atoms with Crippen LogP contribution >= 0.6 is 0 Å². The van der Waals surface area contributed by atoms with Crippen LogP contribution in [0.3, 0.4) is 0 Å². The Morgan fingerprint density at radius 1 is 1.26 bits per heavy atom. The van der Waals surface area contributed by atoms with Crippen LogP contribution in [0.1, 0.15) is 51.0 Å². The monoisotopic (exact) mass is 316 g/mol. The molecule has 0 spiro atoms. The highest BCUT2D eigenvalue weighted by Gasteiger charge is 2.37. The third kappa shape index (κ3) is 4.25. The lowest BCUT2D eigenvalue weighted by molar-refractivity contribution is -0.123. The molecule has 1 aliphatic heterocycles. The maximum atomic E-state index is 12.4. The summed E-state index contributed by atoms with van der Waals surface area (Å²) in [7, 11) is 0. The van der Waals surface area contributed by atoms with E-state index in [9.17, 15) is 4.79 Å². The lowest BCUT2D eigenvalue weighted by atomic mass is 9.85. The number of benzene rings is 1. The summed E-state index contributed by atoms with van der Waals surface area (Å²) in [5, 5.41) is 6.60. The zero-order valence-corrected chi connectivity index (χ0v) is 14.0. The fourth-order valence-corrected chi connectivity index (χ4v) is 3.76. The van der Waals surface area contributed by atoms with Crippen molar-refractivity contribution in [1.82, 2.24) is 10.6 Å². The highest BCUT2D eigenvalue weighted by Crippen LogP contribution is 2.33. The van der Waals surface area contributed by atoms with Gasteiger partial charge in [0.2, 0.25) is 5.91 Å². The highest BCUT2D eigenvalue weighted by atomic mass is 16.5. The third-order valence-corrected chi connectivity index (χ3v) is 5.04. The molecule has 4 nitrogen and oxygen atoms in total. The standard InChI is InChI=1S/C19H28N2O2/c1-2-11-23-16-9-7-14(8-10-16)13-20-19(22)18-12-15-5-3-4-6-17(15)21-18/h7-10,15,17-18,21H,2-6,11-13H2,1H3,(H,20,22). The van der Waals surface area contributed by atoms with E-state index in [2.05, 4.69) is 17.6 Å². The van der Waals surface area contributed by atoms with Crippen LogP contribution < -0.4 is 15.4 Å². The molecule has 1 saturated carbocycles. The van der Waals surface area contributed by atoms with Gasteiger partial charge in [-0.3, -0.25) is 4.79 Å². The van der Waals surface area contributed by atoms with Crippen molar-refractivity contribution in [3.8, 4) is 5.75 Å². The topological polar surface area (TPSA) is 50.4 Å². The summed E-state index contributed by atoms with van der Waals surface area (Å²) in [4.78, 5) is 12.4. The Morgan fingerprint density at radius 3 is 2.78 bits per heavy atom. The van der Waals surface area contributed by atoms with E-state index < -0.39 is 0 Å². The first-order chi connectivity index (χ1) is 11.3. The molecule has 1 aromatic carbocycles. The van der Waals surface area contributed by atoms with E-state index in [0.717, 1.165) is 30.8 Å². The summed E-state index contributed by atoms with van der Waals surface area (Å²) in [6.07, 6.45) is 7.14. The Hall–Kier alpha value is -1.55. The molecule has 126 valence electrons. The van der Waals surface area contributed by atoms with Gasteiger partial charge in [-0.2, -0.15) is 0 Å². The number of carbonyl (C=O) groups excluding carboxylic acids is 1. The van der Waals surface area contributed by atoms with E-state index in [1.54, 1.807) is 0 Å². The number of hydrogen-bond acceptors (Lipinski definition) is 3. The summed E-state index contributed by atoms with van der Waals surface area (Å²) < 4.78 is 5.57. The maximum absolute atomic E-state index is 12.4. The number of ether oxygens (including phenoxy) is 1. The molecule has 2 aliphatic rings. The summed E-state index contributed by atoms with van der Waals surface area (Å²) >= 11 is 0. The third-order valence-electron chi connectivity index (χ3n) is 5.04. The van der Waals surface area contributed by atoms with Crippen LogP contribution in [0.25, 0.3) is 0 Å². The first-order valence-electron chi connectivity index (χ1n) is 9.01. The van der Waals surface area contributed by atoms with Crippen molar-refractivity contribution >= 4 is 5.91 Å². The lowest BCUT2D eigenvalue weighted by Crippen LogP contribution is -2.42. The van der Waals surface area contributed by atoms with Crippen LogP contribution in [0, 0.1) is 5.92 Å². The molecule has 3 unspecified atom stereocenters. The van der Waals surface area contributed by atoms with Gasteiger partial charge in [-0.05, 0) is 49.3 Å². The molecule has 0 radical (unpaired) electrons. The quantitative estimate of drug-likeness (QED) is 0.848. The minimum Gasteiger partial charge on any atom is -0.494 e. The number of carbonyl (C=O) groups is 1. The summed E-state index contributed by atoms with van der Waals surface area (Å²) in [6, 6.07) is 8.55. The molecule has 2 fully saturated rings. The van der Waals surface area contributed by atoms with Crippen molar-refractivity contribution in [2.75, 3.05) is 6.61 Å². The van der Waals surface area contributed by atoms with Gasteiger partial charge in [-0.25, -0.2) is 0 Å². The fourth-order valence-electron chi connectivity index (χ4n) is 3.76. The molecule has 0 aromatic heterocycles. The molecule has 1 aromatic rings. The Bertz CT molecular complexity index is 501. The van der Waals surface area contributed by atoms with Gasteiger partial charge >= 0.3 is 0 Å². The molecule has 23 heavy (non-hydrogen) atoms. The van der Waals surface area contributed by atoms with Crippen LogP contribution in [0.4, 0.5) is 0 Å². The van der Waals surface area contributed by atoms with Crippen LogP contribution in [-0.4, -0.2) is 24.6 Å². The fraction of sp³-hybridized carbons (Fsp3) is 0.632. The molecule has 3 rings (SSSR count). The minimum atomic E-state index is -0.00439. The second kappa shape index (κ2) is 7.82. The second-order valence-corrected chi connectivity index (χ2v) is 6.82. The van der Waals surface area contributed by atoms with Crippen molar-refractivity contribution in [2.24, 2.45) is 5.92 Å². The van der Waals surface area contributed by atoms with E-state index in [-0.39, 0.29) is 11.9 Å². The van der Waals surface area contributed by atoms with E-state index in [1.807, 2.05) is 24.3 Å². The lowest BCUT2D eigenvalue weighted by Gasteiger charge is -2.24. The SMILES string of the molecule is CCCOc1ccc(CNC(=O)C2CC3CCCCC3N2)cc1. The van der Waals surface area contributed by atoms with E-state index >= 15 is 0 Å². The second-order valence-electron chi connectivity index (χ2n) is 6.82. The van der Waals surface area contributed by atoms with E-state index in [0.29, 0.717) is 18.5 Å². The smallest absolute Gasteiger partial charge is 0.237 e. The number of rotatable bonds is 6. The Balaban J connectivity index is 1.45. The van der Waals surface area contributed by atoms with Crippen molar-refractivity contribution in [3.63, 3.8) is 0 Å². The van der Waals surface area contributed by atoms with Crippen molar-refractivity contribution < 1.29 is 9.53 Å². The number of fused-ring (bicyclic) bond motifs is 1. The molecule has 1 aliphatic carbocycles. The molecule has 1 amide bonds. The first-order valence-corrected chi connectivity index (χ1v) is 9.01. The Labute approximate surface area is 139 Å². The summed E-state index contributed by atoms with van der Waals surface area (Å²) in [5.41, 5.74) is 1.11. The van der Waals surface area contributed by atoms with Gasteiger partial charge in [0.1, 0.15) is 5.75 Å². The predicted octanol–water partition coefficient (Wildman–Crippen LogP) is 3.01. The van der Waals surface area contributed by atoms with Gasteiger partial charge < -0.3 is 15.4 Å². The first kappa shape index (κ1) is 16.3. The van der Waals surface area contributed by atoms with Gasteiger partial charge in [-0.1, -0.05) is 31.9 Å². The zero-order chi connectivity index (χ0) is 16.1. The largest absolute Gasteiger partial charge is 0.494 e. The van der Waals surface area contributed by atoms with Gasteiger partial charge in [0.15, 0.2) is 0 Å². The molecule has 3 atom stereocenters. The normalized spacial score (nSPS) is 26.6. The molecule has 4 heteroatoms. The molecule has 2 N–H and O–H groups in total. The van der Waals surface area contributed by atoms with Crippen LogP contribution in [0.15, 0.2) is 24.3 Å². The maximum Gasteiger partial charge on any atom is 0.237 e. The minimum absolute atomic E-state index is 0.00439. The summed E-state index contributed by atoms with van der Waals surface area (Å²) in [6.45, 7) is 3.42. The van der Waals surface area contributed by atoms with Crippen LogP contribution in [-0.2, 0) is 11.3 Å². The van der Waals surface area contributed by atoms with Gasteiger partial charge in [0.05, 0.1) is 12.6 Å². The number of nitrogens with one attached hydrogen (secondary N) is 2. The van der Waals surface area contributed by atoms with Gasteiger partial charge in [0.25, 0.3) is 0 Å². The van der Waals surface area contributed by atoms with Crippen molar-refractivity contribution in [1.29, 1.82) is 0 Å². The number of amides is 1. The number of hydrogen-bond donors (Lipinski definition) is 2. The van der Waals surface area contributed by atoms with Crippen molar-refractivity contribution in [2.45, 2.75) is 64.1 Å². The van der Waals surface area contributed by atoms with Crippen molar-refractivity contribution in [3.05, 3.63) is 29.8 Å². The summed E-state index contributed by atoms with van der Waals surface area (Å²) in [5.74, 6) is 1.74. The van der Waals surface area contributed by atoms with E-state index in [4.69, 9.17) is 4.74 Å². The van der Waals surface area contributed by atoms with Crippen LogP contribution in [0.5, 0.6) is 5.75 Å². The highest BCUT2D eigenvalue weighted by molar-refractivity contribution is 5.82. The molecule has 1 saturated heterocycles. The zero-order valence-electron chi connectivity index (χ0n) is 14.0. The predicted molar refractivity (Wildman–Crippen MR) is 91.4 cm³/mol. The van der Waals surface area contributed by atoms with Gasteiger partial charge in [0, 0.05) is 12.6 Å². The molecule has 1 heterocycles. The van der Waals surface area contributed by atoms with E-state index in [1.165, 1.54) is 25.7 Å². The Kier molecular flexibility index (Phi) is 5.55. The average Bonchev–Trinajstić information content (AvgIpc) is 3.03. The molecular weight excluding hydrogens is 288 g/mol. The molecular formula is C19H28N2O2. The van der Waals surface area contributed by atoms with Gasteiger partial charge in [-0.15, -0.1) is 0 Å². The molecule has 0 bridgehead atoms. The Morgan fingerprint density at radius 2 is 2.04 bits per heavy atom. The average molecular weight is 316 g/mol. The van der Waals surface area contributed by atoms with Crippen LogP contribution in [0.2, 0.25) is 0 Å².